The highest BCUT2D eigenvalue weighted by atomic mass is 16.8. The molecule has 22 heteroatoms. The summed E-state index contributed by atoms with van der Waals surface area (Å²) in [6, 6.07) is 28.2. The summed E-state index contributed by atoms with van der Waals surface area (Å²) in [6.45, 7) is 8.40. The molecule has 0 N–H and O–H groups in total. The van der Waals surface area contributed by atoms with Gasteiger partial charge in [0.05, 0.1) is 32.5 Å². The summed E-state index contributed by atoms with van der Waals surface area (Å²) in [5.41, 5.74) is 2.54. The molecule has 3 aromatic rings. The average Bonchev–Trinajstić information content (AvgIpc) is 3.37. The summed E-state index contributed by atoms with van der Waals surface area (Å²) in [5, 5.41) is 0. The molecule has 3 heterocycles. The minimum atomic E-state index is -1.89. The Kier molecular flexibility index (Phi) is 22.2. The van der Waals surface area contributed by atoms with Gasteiger partial charge in [0.1, 0.15) is 55.9 Å². The van der Waals surface area contributed by atoms with Gasteiger partial charge >= 0.3 is 41.8 Å². The summed E-state index contributed by atoms with van der Waals surface area (Å²) in [7, 11) is 0. The van der Waals surface area contributed by atoms with Crippen LogP contribution in [0, 0.1) is 0 Å². The zero-order valence-corrected chi connectivity index (χ0v) is 43.5. The van der Waals surface area contributed by atoms with E-state index < -0.39 is 147 Å². The SMILES string of the molecule is CC(=O)OCC1O[C@@H](O[C@@H]2C(COC(C)=O)O[C@@H](O[C@@H]3C(COCc4ccccc4)O[C@@H](C)C(OCc4ccccc4)[C@H]3OCc3ccccc3)C(OC(C)=O)[C@H]2OC(C)=O)C(OC(C)=O)[C@@H](OC(C)=O)[C@@H]1OC(C)=O. The molecule has 22 nitrogen and oxygen atoms in total. The highest BCUT2D eigenvalue weighted by Gasteiger charge is 2.59. The van der Waals surface area contributed by atoms with E-state index in [-0.39, 0.29) is 26.4 Å². The van der Waals surface area contributed by atoms with Crippen LogP contribution in [0.1, 0.15) is 72.1 Å². The van der Waals surface area contributed by atoms with E-state index in [1.807, 2.05) is 97.9 Å². The topological polar surface area (TPSA) is 258 Å². The average molecular weight is 1070 g/mol. The number of hydrogen-bond acceptors (Lipinski definition) is 22. The van der Waals surface area contributed by atoms with Crippen LogP contribution >= 0.6 is 0 Å². The van der Waals surface area contributed by atoms with Gasteiger partial charge in [0.15, 0.2) is 43.1 Å². The van der Waals surface area contributed by atoms with Crippen molar-refractivity contribution in [3.8, 4) is 0 Å². The van der Waals surface area contributed by atoms with Crippen LogP contribution in [0.5, 0.6) is 0 Å². The van der Waals surface area contributed by atoms with E-state index >= 15 is 0 Å². The van der Waals surface area contributed by atoms with Gasteiger partial charge < -0.3 is 71.1 Å². The summed E-state index contributed by atoms with van der Waals surface area (Å²) >= 11 is 0. The maximum atomic E-state index is 13.3. The second-order valence-corrected chi connectivity index (χ2v) is 18.2. The number of ether oxygens (including phenoxy) is 15. The van der Waals surface area contributed by atoms with E-state index in [1.54, 1.807) is 0 Å². The molecule has 3 aliphatic rings. The third-order valence-corrected chi connectivity index (χ3v) is 12.0. The van der Waals surface area contributed by atoms with Gasteiger partial charge in [-0.05, 0) is 23.6 Å². The van der Waals surface area contributed by atoms with Crippen LogP contribution in [-0.2, 0) is 124 Å². The first kappa shape index (κ1) is 58.9. The number of rotatable bonds is 23. The molecule has 0 saturated carbocycles. The molecule has 0 radical (unpaired) electrons. The fraction of sp³-hybridized carbons (Fsp3) is 0.537. The molecule has 0 aromatic heterocycles. The van der Waals surface area contributed by atoms with Gasteiger partial charge in [-0.1, -0.05) is 91.0 Å². The van der Waals surface area contributed by atoms with Crippen LogP contribution in [0.25, 0.3) is 0 Å². The first-order chi connectivity index (χ1) is 36.4. The number of carbonyl (C=O) groups is 7. The largest absolute Gasteiger partial charge is 0.463 e. The van der Waals surface area contributed by atoms with Crippen molar-refractivity contribution in [2.45, 2.75) is 167 Å². The minimum absolute atomic E-state index is 0.0663. The highest BCUT2D eigenvalue weighted by Crippen LogP contribution is 2.38. The smallest absolute Gasteiger partial charge is 0.303 e. The van der Waals surface area contributed by atoms with E-state index in [0.717, 1.165) is 65.2 Å². The molecule has 0 amide bonds. The lowest BCUT2D eigenvalue weighted by Gasteiger charge is -2.50. The Morgan fingerprint density at radius 2 is 0.711 bits per heavy atom. The second-order valence-electron chi connectivity index (χ2n) is 18.2. The lowest BCUT2D eigenvalue weighted by atomic mass is 9.93. The number of benzene rings is 3. The van der Waals surface area contributed by atoms with Crippen LogP contribution in [0.4, 0.5) is 0 Å². The maximum absolute atomic E-state index is 13.3. The molecule has 0 bridgehead atoms. The van der Waals surface area contributed by atoms with Crippen LogP contribution in [-0.4, -0.2) is 154 Å². The molecule has 0 spiro atoms. The quantitative estimate of drug-likeness (QED) is 0.0954. The Morgan fingerprint density at radius 1 is 0.368 bits per heavy atom. The fourth-order valence-corrected chi connectivity index (χ4v) is 8.95. The molecule has 76 heavy (non-hydrogen) atoms. The van der Waals surface area contributed by atoms with Crippen molar-refractivity contribution in [1.29, 1.82) is 0 Å². The Labute approximate surface area is 439 Å². The van der Waals surface area contributed by atoms with Crippen molar-refractivity contribution in [3.63, 3.8) is 0 Å². The molecule has 3 fully saturated rings. The Bertz CT molecular complexity index is 2370. The first-order valence-electron chi connectivity index (χ1n) is 24.7. The van der Waals surface area contributed by atoms with Gasteiger partial charge in [0.2, 0.25) is 0 Å². The van der Waals surface area contributed by atoms with Gasteiger partial charge in [-0.15, -0.1) is 0 Å². The predicted octanol–water partition coefficient (Wildman–Crippen LogP) is 4.17. The van der Waals surface area contributed by atoms with E-state index in [2.05, 4.69) is 0 Å². The standard InChI is InChI=1S/C54H66O22/c1-30-44(65-25-39-20-14-10-15-21-39)48(66-26-40-22-16-11-17-23-40)45(41(67-30)27-62-24-38-18-12-9-13-19-38)75-53-52(72-37(8)61)50(70-35(6)59)47(43(74-53)29-64-32(3)56)76-54-51(71-36(7)60)49(69-34(5)58)46(68-33(4)57)42(73-54)28-63-31(2)55/h9-23,30,41-54H,24-29H2,1-8H3/t30-,41?,42?,43?,44?,45+,46+,47+,48+,49-,50-,51?,52?,53-,54-/m0/s1. The lowest BCUT2D eigenvalue weighted by molar-refractivity contribution is -0.375. The molecule has 3 aliphatic heterocycles. The zero-order chi connectivity index (χ0) is 54.9. The Balaban J connectivity index is 1.45. The number of carbonyl (C=O) groups excluding carboxylic acids is 7. The van der Waals surface area contributed by atoms with Crippen molar-refractivity contribution in [3.05, 3.63) is 108 Å². The van der Waals surface area contributed by atoms with E-state index in [1.165, 1.54) is 0 Å². The van der Waals surface area contributed by atoms with Gasteiger partial charge in [-0.2, -0.15) is 0 Å². The first-order valence-corrected chi connectivity index (χ1v) is 24.7. The summed E-state index contributed by atoms with van der Waals surface area (Å²) < 4.78 is 92.3. The van der Waals surface area contributed by atoms with Crippen molar-refractivity contribution < 1.29 is 105 Å². The Morgan fingerprint density at radius 3 is 1.13 bits per heavy atom. The van der Waals surface area contributed by atoms with E-state index in [9.17, 15) is 33.6 Å². The van der Waals surface area contributed by atoms with Gasteiger partial charge in [-0.3, -0.25) is 33.6 Å². The van der Waals surface area contributed by atoms with Gasteiger partial charge in [0.25, 0.3) is 0 Å². The summed E-state index contributed by atoms with van der Waals surface area (Å²) in [6.07, 6.45) is -21.5. The van der Waals surface area contributed by atoms with Crippen molar-refractivity contribution in [2.75, 3.05) is 19.8 Å². The van der Waals surface area contributed by atoms with E-state index in [0.29, 0.717) is 0 Å². The molecule has 414 valence electrons. The summed E-state index contributed by atoms with van der Waals surface area (Å²) in [4.78, 5) is 89.3. The molecule has 15 atom stereocenters. The minimum Gasteiger partial charge on any atom is -0.463 e. The predicted molar refractivity (Wildman–Crippen MR) is 259 cm³/mol. The number of esters is 7. The molecule has 6 unspecified atom stereocenters. The van der Waals surface area contributed by atoms with Crippen LogP contribution in [0.15, 0.2) is 91.0 Å². The number of hydrogen-bond donors (Lipinski definition) is 0. The van der Waals surface area contributed by atoms with Crippen LogP contribution < -0.4 is 0 Å². The normalized spacial score (nSPS) is 29.2. The molecular weight excluding hydrogens is 1000 g/mol. The monoisotopic (exact) mass is 1070 g/mol. The fourth-order valence-electron chi connectivity index (χ4n) is 8.95. The Hall–Kier alpha value is -6.37. The van der Waals surface area contributed by atoms with E-state index in [4.69, 9.17) is 71.1 Å². The van der Waals surface area contributed by atoms with Crippen molar-refractivity contribution in [2.24, 2.45) is 0 Å². The van der Waals surface area contributed by atoms with Crippen LogP contribution in [0.2, 0.25) is 0 Å². The molecular formula is C54H66O22. The molecule has 6 rings (SSSR count). The van der Waals surface area contributed by atoms with Crippen molar-refractivity contribution >= 4 is 41.8 Å². The highest BCUT2D eigenvalue weighted by molar-refractivity contribution is 5.69. The van der Waals surface area contributed by atoms with Crippen LogP contribution in [0.3, 0.4) is 0 Å². The molecule has 0 aliphatic carbocycles. The third kappa shape index (κ3) is 17.3. The maximum Gasteiger partial charge on any atom is 0.303 e. The third-order valence-electron chi connectivity index (χ3n) is 12.0. The zero-order valence-electron chi connectivity index (χ0n) is 43.5. The second kappa shape index (κ2) is 28.7. The van der Waals surface area contributed by atoms with Crippen molar-refractivity contribution in [1.82, 2.24) is 0 Å². The summed E-state index contributed by atoms with van der Waals surface area (Å²) in [5.74, 6) is -6.12. The van der Waals surface area contributed by atoms with Gasteiger partial charge in [0, 0.05) is 48.5 Å². The van der Waals surface area contributed by atoms with Gasteiger partial charge in [-0.25, -0.2) is 0 Å². The molecule has 3 saturated heterocycles. The lowest BCUT2D eigenvalue weighted by Crippen LogP contribution is -2.68. The molecule has 3 aromatic carbocycles.